The van der Waals surface area contributed by atoms with Gasteiger partial charge in [-0.25, -0.2) is 4.98 Å². The maximum Gasteiger partial charge on any atom is 0.129 e. The molecule has 0 bridgehead atoms. The minimum absolute atomic E-state index is 0.332. The summed E-state index contributed by atoms with van der Waals surface area (Å²) in [7, 11) is 0. The van der Waals surface area contributed by atoms with Gasteiger partial charge in [0, 0.05) is 12.8 Å². The first kappa shape index (κ1) is 12.5. The molecule has 0 spiro atoms. The van der Waals surface area contributed by atoms with Crippen LogP contribution in [0.2, 0.25) is 5.15 Å². The molecule has 0 unspecified atom stereocenters. The summed E-state index contributed by atoms with van der Waals surface area (Å²) in [5.74, 6) is 0. The minimum Gasteiger partial charge on any atom is -0.377 e. The van der Waals surface area contributed by atoms with Crippen molar-refractivity contribution < 1.29 is 4.74 Å². The van der Waals surface area contributed by atoms with Gasteiger partial charge in [0.25, 0.3) is 0 Å². The highest BCUT2D eigenvalue weighted by molar-refractivity contribution is 6.29. The lowest BCUT2D eigenvalue weighted by Crippen LogP contribution is -2.09. The normalized spacial score (nSPS) is 11.7. The molecule has 1 aromatic heterocycles. The highest BCUT2D eigenvalue weighted by Gasteiger charge is 2.09. The van der Waals surface area contributed by atoms with Crippen LogP contribution in [0, 0.1) is 5.41 Å². The van der Waals surface area contributed by atoms with Gasteiger partial charge >= 0.3 is 0 Å². The Morgan fingerprint density at radius 2 is 2.07 bits per heavy atom. The van der Waals surface area contributed by atoms with Gasteiger partial charge in [-0.1, -0.05) is 38.4 Å². The maximum absolute atomic E-state index is 5.68. The molecule has 15 heavy (non-hydrogen) atoms. The average molecular weight is 228 g/mol. The number of rotatable bonds is 4. The van der Waals surface area contributed by atoms with E-state index in [-0.39, 0.29) is 0 Å². The first-order chi connectivity index (χ1) is 6.97. The monoisotopic (exact) mass is 227 g/mol. The first-order valence-corrected chi connectivity index (χ1v) is 5.53. The third kappa shape index (κ3) is 5.75. The molecule has 0 amide bonds. The Labute approximate surface area is 96.6 Å². The number of hydrogen-bond donors (Lipinski definition) is 0. The summed E-state index contributed by atoms with van der Waals surface area (Å²) >= 11 is 5.68. The lowest BCUT2D eigenvalue weighted by molar-refractivity contribution is 0.0960. The molecule has 0 aliphatic heterocycles. The molecule has 0 aliphatic carbocycles. The van der Waals surface area contributed by atoms with Crippen LogP contribution in [0.4, 0.5) is 0 Å². The van der Waals surface area contributed by atoms with Crippen LogP contribution in [0.3, 0.4) is 0 Å². The molecule has 84 valence electrons. The molecule has 2 nitrogen and oxygen atoms in total. The molecule has 0 radical (unpaired) electrons. The Bertz CT molecular complexity index is 289. The summed E-state index contributed by atoms with van der Waals surface area (Å²) in [6.45, 7) is 8.02. The third-order valence-corrected chi connectivity index (χ3v) is 2.28. The van der Waals surface area contributed by atoms with Crippen LogP contribution in [-0.2, 0) is 11.3 Å². The quantitative estimate of drug-likeness (QED) is 0.578. The lowest BCUT2D eigenvalue weighted by Gasteiger charge is -2.17. The van der Waals surface area contributed by atoms with Gasteiger partial charge in [0.15, 0.2) is 0 Å². The minimum atomic E-state index is 0.332. The molecule has 1 rings (SSSR count). The van der Waals surface area contributed by atoms with Crippen LogP contribution < -0.4 is 0 Å². The van der Waals surface area contributed by atoms with E-state index in [1.54, 1.807) is 12.3 Å². The zero-order valence-corrected chi connectivity index (χ0v) is 10.3. The van der Waals surface area contributed by atoms with Crippen molar-refractivity contribution in [3.8, 4) is 0 Å². The Hall–Kier alpha value is -0.600. The summed E-state index contributed by atoms with van der Waals surface area (Å²) in [6, 6.07) is 3.72. The van der Waals surface area contributed by atoms with Crippen molar-refractivity contribution in [3.63, 3.8) is 0 Å². The zero-order chi connectivity index (χ0) is 11.3. The van der Waals surface area contributed by atoms with Crippen molar-refractivity contribution in [1.29, 1.82) is 0 Å². The Morgan fingerprint density at radius 3 is 2.60 bits per heavy atom. The Kier molecular flexibility index (Phi) is 4.55. The second kappa shape index (κ2) is 5.47. The molecule has 0 aliphatic rings. The number of ether oxygens (including phenoxy) is 1. The van der Waals surface area contributed by atoms with Crippen LogP contribution in [0.1, 0.15) is 32.8 Å². The molecular formula is C12H18ClNO. The van der Waals surface area contributed by atoms with Gasteiger partial charge in [0.2, 0.25) is 0 Å². The van der Waals surface area contributed by atoms with Crippen molar-refractivity contribution in [1.82, 2.24) is 4.98 Å². The van der Waals surface area contributed by atoms with E-state index in [2.05, 4.69) is 25.8 Å². The predicted molar refractivity (Wildman–Crippen MR) is 63.0 cm³/mol. The van der Waals surface area contributed by atoms with Gasteiger partial charge in [-0.3, -0.25) is 0 Å². The van der Waals surface area contributed by atoms with Gasteiger partial charge in [-0.2, -0.15) is 0 Å². The first-order valence-electron chi connectivity index (χ1n) is 5.15. The van der Waals surface area contributed by atoms with Crippen LogP contribution in [-0.4, -0.2) is 11.6 Å². The number of aromatic nitrogens is 1. The molecule has 0 N–H and O–H groups in total. The lowest BCUT2D eigenvalue weighted by atomic mass is 9.93. The Morgan fingerprint density at radius 1 is 1.33 bits per heavy atom. The topological polar surface area (TPSA) is 22.1 Å². The summed E-state index contributed by atoms with van der Waals surface area (Å²) in [5, 5.41) is 0.522. The van der Waals surface area contributed by atoms with E-state index in [4.69, 9.17) is 16.3 Å². The number of hydrogen-bond acceptors (Lipinski definition) is 2. The molecule has 0 aromatic carbocycles. The van der Waals surface area contributed by atoms with Gasteiger partial charge in [-0.05, 0) is 23.5 Å². The highest BCUT2D eigenvalue weighted by atomic mass is 35.5. The summed E-state index contributed by atoms with van der Waals surface area (Å²) in [4.78, 5) is 3.99. The number of pyridine rings is 1. The average Bonchev–Trinajstić information content (AvgIpc) is 2.14. The third-order valence-electron chi connectivity index (χ3n) is 2.05. The second-order valence-corrected chi connectivity index (χ2v) is 5.24. The maximum atomic E-state index is 5.68. The summed E-state index contributed by atoms with van der Waals surface area (Å²) in [5.41, 5.74) is 1.39. The fourth-order valence-electron chi connectivity index (χ4n) is 1.06. The molecular weight excluding hydrogens is 210 g/mol. The van der Waals surface area contributed by atoms with Crippen molar-refractivity contribution >= 4 is 11.6 Å². The molecule has 0 saturated heterocycles. The fraction of sp³-hybridized carbons (Fsp3) is 0.583. The van der Waals surface area contributed by atoms with Crippen molar-refractivity contribution in [2.45, 2.75) is 33.8 Å². The van der Waals surface area contributed by atoms with Crippen LogP contribution >= 0.6 is 11.6 Å². The number of nitrogens with zero attached hydrogens (tertiary/aromatic N) is 1. The van der Waals surface area contributed by atoms with Crippen LogP contribution in [0.5, 0.6) is 0 Å². The molecule has 1 heterocycles. The van der Waals surface area contributed by atoms with Crippen molar-refractivity contribution in [2.75, 3.05) is 6.61 Å². The zero-order valence-electron chi connectivity index (χ0n) is 9.59. The molecule has 1 aromatic rings. The standard InChI is InChI=1S/C12H18ClNO/c1-12(2,3)6-7-15-9-10-4-5-11(13)14-8-10/h4-5,8H,6-7,9H2,1-3H3. The van der Waals surface area contributed by atoms with E-state index in [9.17, 15) is 0 Å². The van der Waals surface area contributed by atoms with E-state index < -0.39 is 0 Å². The second-order valence-electron chi connectivity index (χ2n) is 4.85. The Balaban J connectivity index is 2.23. The molecule has 0 fully saturated rings. The van der Waals surface area contributed by atoms with E-state index in [1.165, 1.54) is 0 Å². The summed E-state index contributed by atoms with van der Waals surface area (Å²) in [6.07, 6.45) is 2.81. The molecule has 3 heteroatoms. The van der Waals surface area contributed by atoms with Gasteiger partial charge < -0.3 is 4.74 Å². The highest BCUT2D eigenvalue weighted by Crippen LogP contribution is 2.18. The van der Waals surface area contributed by atoms with Gasteiger partial charge in [0.1, 0.15) is 5.15 Å². The largest absolute Gasteiger partial charge is 0.377 e. The smallest absolute Gasteiger partial charge is 0.129 e. The fourth-order valence-corrected chi connectivity index (χ4v) is 1.17. The SMILES string of the molecule is CC(C)(C)CCOCc1ccc(Cl)nc1. The molecule has 0 atom stereocenters. The van der Waals surface area contributed by atoms with Crippen LogP contribution in [0.15, 0.2) is 18.3 Å². The number of halogens is 1. The van der Waals surface area contributed by atoms with E-state index >= 15 is 0 Å². The van der Waals surface area contributed by atoms with E-state index in [1.807, 2.05) is 6.07 Å². The molecule has 0 saturated carbocycles. The van der Waals surface area contributed by atoms with Crippen LogP contribution in [0.25, 0.3) is 0 Å². The van der Waals surface area contributed by atoms with E-state index in [0.717, 1.165) is 18.6 Å². The van der Waals surface area contributed by atoms with Gasteiger partial charge in [0.05, 0.1) is 6.61 Å². The van der Waals surface area contributed by atoms with Gasteiger partial charge in [-0.15, -0.1) is 0 Å². The van der Waals surface area contributed by atoms with Crippen molar-refractivity contribution in [3.05, 3.63) is 29.0 Å². The summed E-state index contributed by atoms with van der Waals surface area (Å²) < 4.78 is 5.55. The predicted octanol–water partition coefficient (Wildman–Crippen LogP) is 3.69. The van der Waals surface area contributed by atoms with E-state index in [0.29, 0.717) is 17.2 Å². The van der Waals surface area contributed by atoms with Crippen molar-refractivity contribution in [2.24, 2.45) is 5.41 Å².